The molecule has 0 bridgehead atoms. The Morgan fingerprint density at radius 1 is 1.32 bits per heavy atom. The van der Waals surface area contributed by atoms with Gasteiger partial charge >= 0.3 is 0 Å². The normalized spacial score (nSPS) is 14.7. The molecule has 0 spiro atoms. The van der Waals surface area contributed by atoms with Gasteiger partial charge in [-0.05, 0) is 44.6 Å². The molecule has 0 saturated heterocycles. The topological polar surface area (TPSA) is 46.2 Å². The summed E-state index contributed by atoms with van der Waals surface area (Å²) in [5.41, 5.74) is 2.54. The lowest BCUT2D eigenvalue weighted by atomic mass is 10.1. The summed E-state index contributed by atoms with van der Waals surface area (Å²) >= 11 is 5.52. The van der Waals surface area contributed by atoms with Gasteiger partial charge in [-0.1, -0.05) is 29.8 Å². The summed E-state index contributed by atoms with van der Waals surface area (Å²) in [6.07, 6.45) is 2.26. The van der Waals surface area contributed by atoms with Crippen molar-refractivity contribution in [2.45, 2.75) is 45.6 Å². The highest BCUT2D eigenvalue weighted by Crippen LogP contribution is 2.36. The van der Waals surface area contributed by atoms with E-state index < -0.39 is 0 Å². The molecule has 1 fully saturated rings. The van der Waals surface area contributed by atoms with Crippen LogP contribution in [0.25, 0.3) is 0 Å². The lowest BCUT2D eigenvalue weighted by Crippen LogP contribution is -2.22. The maximum Gasteiger partial charge on any atom is 0.199 e. The second kappa shape index (κ2) is 6.32. The molecule has 0 amide bonds. The molecule has 1 aromatic heterocycles. The summed E-state index contributed by atoms with van der Waals surface area (Å²) < 4.78 is 4.53. The lowest BCUT2D eigenvalue weighted by molar-refractivity contribution is 0.238. The van der Waals surface area contributed by atoms with E-state index in [1.807, 2.05) is 9.25 Å². The molecule has 5 nitrogen and oxygen atoms in total. The number of aryl methyl sites for hydroxylation is 1. The van der Waals surface area contributed by atoms with Crippen LogP contribution in [0.1, 0.15) is 35.8 Å². The molecule has 3 rings (SSSR count). The maximum absolute atomic E-state index is 9.47. The molecule has 1 saturated carbocycles. The highest BCUT2D eigenvalue weighted by atomic mass is 32.1. The highest BCUT2D eigenvalue weighted by molar-refractivity contribution is 7.71. The Labute approximate surface area is 135 Å². The zero-order valence-corrected chi connectivity index (χ0v) is 13.9. The zero-order chi connectivity index (χ0) is 15.7. The Bertz CT molecular complexity index is 700. The molecule has 22 heavy (non-hydrogen) atoms. The number of aliphatic hydroxyl groups excluding tert-OH is 1. The molecule has 118 valence electrons. The number of hydrogen-bond donors (Lipinski definition) is 1. The van der Waals surface area contributed by atoms with E-state index in [0.29, 0.717) is 23.3 Å². The van der Waals surface area contributed by atoms with Crippen molar-refractivity contribution in [3.05, 3.63) is 46.0 Å². The second-order valence-electron chi connectivity index (χ2n) is 6.10. The predicted octanol–water partition coefficient (Wildman–Crippen LogP) is 2.64. The fraction of sp³-hybridized carbons (Fsp3) is 0.500. The van der Waals surface area contributed by atoms with Gasteiger partial charge in [0.15, 0.2) is 10.6 Å². The first-order valence-corrected chi connectivity index (χ1v) is 8.02. The van der Waals surface area contributed by atoms with Gasteiger partial charge in [0, 0.05) is 12.6 Å². The first-order chi connectivity index (χ1) is 10.6. The van der Waals surface area contributed by atoms with Crippen LogP contribution in [0.2, 0.25) is 0 Å². The Morgan fingerprint density at radius 2 is 2.00 bits per heavy atom. The summed E-state index contributed by atoms with van der Waals surface area (Å²) in [6.45, 7) is 3.49. The van der Waals surface area contributed by atoms with Crippen LogP contribution in [-0.2, 0) is 19.8 Å². The number of aromatic nitrogens is 3. The van der Waals surface area contributed by atoms with Crippen molar-refractivity contribution in [3.63, 3.8) is 0 Å². The summed E-state index contributed by atoms with van der Waals surface area (Å²) in [7, 11) is 2.05. The number of hydrogen-bond acceptors (Lipinski definition) is 4. The van der Waals surface area contributed by atoms with Gasteiger partial charge in [0.25, 0.3) is 0 Å². The summed E-state index contributed by atoms with van der Waals surface area (Å²) in [6, 6.07) is 8.98. The minimum absolute atomic E-state index is 0.0607. The van der Waals surface area contributed by atoms with Crippen LogP contribution in [0.4, 0.5) is 0 Å². The molecule has 1 N–H and O–H groups in total. The fourth-order valence-electron chi connectivity index (χ4n) is 2.65. The van der Waals surface area contributed by atoms with Crippen molar-refractivity contribution in [1.82, 2.24) is 19.2 Å². The van der Waals surface area contributed by atoms with Gasteiger partial charge in [0.1, 0.15) is 6.61 Å². The van der Waals surface area contributed by atoms with Crippen molar-refractivity contribution in [2.24, 2.45) is 0 Å². The number of nitrogens with zero attached hydrogens (tertiary/aromatic N) is 4. The average molecular weight is 318 g/mol. The maximum atomic E-state index is 9.47. The van der Waals surface area contributed by atoms with Crippen LogP contribution in [0.5, 0.6) is 0 Å². The first-order valence-electron chi connectivity index (χ1n) is 7.61. The quantitative estimate of drug-likeness (QED) is 0.832. The van der Waals surface area contributed by atoms with Crippen molar-refractivity contribution >= 4 is 12.2 Å². The van der Waals surface area contributed by atoms with Gasteiger partial charge in [-0.3, -0.25) is 9.47 Å². The second-order valence-corrected chi connectivity index (χ2v) is 6.46. The molecule has 1 heterocycles. The average Bonchev–Trinajstić information content (AvgIpc) is 3.28. The van der Waals surface area contributed by atoms with E-state index in [1.165, 1.54) is 11.1 Å². The Hall–Kier alpha value is -1.50. The molecular formula is C16H22N4OS. The highest BCUT2D eigenvalue weighted by Gasteiger charge is 2.28. The van der Waals surface area contributed by atoms with Crippen LogP contribution in [0, 0.1) is 11.7 Å². The fourth-order valence-corrected chi connectivity index (χ4v) is 3.00. The summed E-state index contributed by atoms with van der Waals surface area (Å²) in [5, 5.41) is 13.9. The SMILES string of the molecule is Cc1ccc(CN(C)Cn2nc(CO)n(C3CC3)c2=S)cc1. The third-order valence-electron chi connectivity index (χ3n) is 3.94. The number of aliphatic hydroxyl groups is 1. The molecule has 0 aliphatic heterocycles. The standard InChI is InChI=1S/C16H22N4OS/c1-12-3-5-13(6-4-12)9-18(2)11-19-16(22)20(14-7-8-14)15(10-21)17-19/h3-6,14,21H,7-11H2,1-2H3. The summed E-state index contributed by atoms with van der Waals surface area (Å²) in [4.78, 5) is 2.17. The van der Waals surface area contributed by atoms with E-state index in [0.717, 1.165) is 19.4 Å². The molecule has 0 radical (unpaired) electrons. The molecule has 0 unspecified atom stereocenters. The van der Waals surface area contributed by atoms with Crippen molar-refractivity contribution in [1.29, 1.82) is 0 Å². The molecular weight excluding hydrogens is 296 g/mol. The van der Waals surface area contributed by atoms with Crippen LogP contribution in [0.3, 0.4) is 0 Å². The first kappa shape index (κ1) is 15.4. The molecule has 1 aromatic carbocycles. The predicted molar refractivity (Wildman–Crippen MR) is 87.9 cm³/mol. The van der Waals surface area contributed by atoms with Gasteiger partial charge in [-0.25, -0.2) is 4.68 Å². The molecule has 2 aromatic rings. The largest absolute Gasteiger partial charge is 0.388 e. The van der Waals surface area contributed by atoms with E-state index >= 15 is 0 Å². The molecule has 1 aliphatic rings. The van der Waals surface area contributed by atoms with Crippen molar-refractivity contribution < 1.29 is 5.11 Å². The molecule has 1 aliphatic carbocycles. The summed E-state index contributed by atoms with van der Waals surface area (Å²) in [5.74, 6) is 0.677. The third-order valence-corrected chi connectivity index (χ3v) is 4.35. The van der Waals surface area contributed by atoms with Crippen LogP contribution >= 0.6 is 12.2 Å². The monoisotopic (exact) mass is 318 g/mol. The van der Waals surface area contributed by atoms with Gasteiger partial charge in [0.05, 0.1) is 6.67 Å². The van der Waals surface area contributed by atoms with Gasteiger partial charge in [-0.2, -0.15) is 5.10 Å². The van der Waals surface area contributed by atoms with Crippen LogP contribution < -0.4 is 0 Å². The minimum Gasteiger partial charge on any atom is -0.388 e. The third kappa shape index (κ3) is 3.29. The smallest absolute Gasteiger partial charge is 0.199 e. The van der Waals surface area contributed by atoms with Gasteiger partial charge in [0.2, 0.25) is 0 Å². The number of benzene rings is 1. The lowest BCUT2D eigenvalue weighted by Gasteiger charge is -2.16. The van der Waals surface area contributed by atoms with Gasteiger partial charge in [-0.15, -0.1) is 0 Å². The Balaban J connectivity index is 1.72. The van der Waals surface area contributed by atoms with Gasteiger partial charge < -0.3 is 5.11 Å². The Morgan fingerprint density at radius 3 is 2.59 bits per heavy atom. The van der Waals surface area contributed by atoms with Crippen LogP contribution in [-0.4, -0.2) is 31.4 Å². The van der Waals surface area contributed by atoms with E-state index in [2.05, 4.69) is 48.2 Å². The number of rotatable bonds is 6. The van der Waals surface area contributed by atoms with Crippen molar-refractivity contribution in [3.8, 4) is 0 Å². The Kier molecular flexibility index (Phi) is 4.42. The zero-order valence-electron chi connectivity index (χ0n) is 13.1. The van der Waals surface area contributed by atoms with E-state index in [-0.39, 0.29) is 6.61 Å². The molecule has 6 heteroatoms. The van der Waals surface area contributed by atoms with Crippen LogP contribution in [0.15, 0.2) is 24.3 Å². The minimum atomic E-state index is -0.0607. The van der Waals surface area contributed by atoms with E-state index in [4.69, 9.17) is 12.2 Å². The van der Waals surface area contributed by atoms with E-state index in [1.54, 1.807) is 0 Å². The van der Waals surface area contributed by atoms with E-state index in [9.17, 15) is 5.11 Å². The van der Waals surface area contributed by atoms with Crippen molar-refractivity contribution in [2.75, 3.05) is 7.05 Å². The molecule has 0 atom stereocenters.